The fourth-order valence-corrected chi connectivity index (χ4v) is 0.892. The van der Waals surface area contributed by atoms with Crippen molar-refractivity contribution in [2.45, 2.75) is 13.3 Å². The summed E-state index contributed by atoms with van der Waals surface area (Å²) >= 11 is 0. The van der Waals surface area contributed by atoms with Gasteiger partial charge in [0, 0.05) is 12.6 Å². The van der Waals surface area contributed by atoms with Gasteiger partial charge in [-0.2, -0.15) is 0 Å². The molecule has 0 fully saturated rings. The molecular weight excluding hydrogens is 180 g/mol. The SMILES string of the molecule is CCOC(=O)C=CC=C(CN)CCN. The lowest BCUT2D eigenvalue weighted by Gasteiger charge is -1.99. The van der Waals surface area contributed by atoms with Crippen LogP contribution in [0.3, 0.4) is 0 Å². The van der Waals surface area contributed by atoms with Gasteiger partial charge < -0.3 is 16.2 Å². The molecule has 0 atom stereocenters. The molecule has 0 aromatic rings. The molecular formula is C10H18N2O2. The van der Waals surface area contributed by atoms with Crippen LogP contribution in [0.25, 0.3) is 0 Å². The molecule has 0 aliphatic carbocycles. The van der Waals surface area contributed by atoms with Gasteiger partial charge in [-0.3, -0.25) is 0 Å². The fraction of sp³-hybridized carbons (Fsp3) is 0.500. The van der Waals surface area contributed by atoms with Gasteiger partial charge in [0.25, 0.3) is 0 Å². The van der Waals surface area contributed by atoms with Crippen LogP contribution in [0.1, 0.15) is 13.3 Å². The Labute approximate surface area is 84.6 Å². The van der Waals surface area contributed by atoms with E-state index in [1.165, 1.54) is 6.08 Å². The number of hydrogen-bond donors (Lipinski definition) is 2. The first-order chi connectivity index (χ1) is 6.74. The Kier molecular flexibility index (Phi) is 7.78. The topological polar surface area (TPSA) is 78.3 Å². The summed E-state index contributed by atoms with van der Waals surface area (Å²) in [6, 6.07) is 0. The zero-order valence-electron chi connectivity index (χ0n) is 8.53. The van der Waals surface area contributed by atoms with Crippen molar-refractivity contribution < 1.29 is 9.53 Å². The smallest absolute Gasteiger partial charge is 0.330 e. The number of allylic oxidation sites excluding steroid dienone is 2. The number of hydrogen-bond acceptors (Lipinski definition) is 4. The summed E-state index contributed by atoms with van der Waals surface area (Å²) in [7, 11) is 0. The van der Waals surface area contributed by atoms with E-state index in [-0.39, 0.29) is 5.97 Å². The molecule has 0 spiro atoms. The minimum Gasteiger partial charge on any atom is -0.463 e. The quantitative estimate of drug-likeness (QED) is 0.366. The molecule has 4 nitrogen and oxygen atoms in total. The van der Waals surface area contributed by atoms with E-state index in [9.17, 15) is 4.79 Å². The van der Waals surface area contributed by atoms with Gasteiger partial charge in [-0.15, -0.1) is 0 Å². The Morgan fingerprint density at radius 3 is 2.64 bits per heavy atom. The van der Waals surface area contributed by atoms with Gasteiger partial charge in [-0.25, -0.2) is 4.79 Å². The number of carbonyl (C=O) groups is 1. The summed E-state index contributed by atoms with van der Waals surface area (Å²) in [5.74, 6) is -0.340. The number of nitrogens with two attached hydrogens (primary N) is 2. The van der Waals surface area contributed by atoms with E-state index in [1.54, 1.807) is 19.1 Å². The van der Waals surface area contributed by atoms with E-state index in [0.717, 1.165) is 12.0 Å². The first kappa shape index (κ1) is 12.9. The van der Waals surface area contributed by atoms with Crippen molar-refractivity contribution in [3.63, 3.8) is 0 Å². The number of esters is 1. The molecule has 4 heteroatoms. The maximum Gasteiger partial charge on any atom is 0.330 e. The minimum absolute atomic E-state index is 0.340. The summed E-state index contributed by atoms with van der Waals surface area (Å²) < 4.78 is 4.71. The monoisotopic (exact) mass is 198 g/mol. The predicted octanol–water partition coefficient (Wildman–Crippen LogP) is 0.340. The lowest BCUT2D eigenvalue weighted by atomic mass is 10.2. The zero-order valence-corrected chi connectivity index (χ0v) is 8.53. The lowest BCUT2D eigenvalue weighted by molar-refractivity contribution is -0.137. The Morgan fingerprint density at radius 1 is 1.43 bits per heavy atom. The summed E-state index contributed by atoms with van der Waals surface area (Å²) in [6.07, 6.45) is 5.55. The highest BCUT2D eigenvalue weighted by Crippen LogP contribution is 1.97. The van der Waals surface area contributed by atoms with E-state index in [4.69, 9.17) is 16.2 Å². The molecule has 4 N–H and O–H groups in total. The molecule has 0 aliphatic rings. The predicted molar refractivity (Wildman–Crippen MR) is 56.6 cm³/mol. The molecule has 0 aromatic heterocycles. The standard InChI is InChI=1S/C10H18N2O2/c1-2-14-10(13)5-3-4-9(8-12)6-7-11/h3-5H,2,6-8,11-12H2,1H3. The molecule has 0 heterocycles. The molecule has 0 bridgehead atoms. The highest BCUT2D eigenvalue weighted by molar-refractivity contribution is 5.82. The van der Waals surface area contributed by atoms with Crippen LogP contribution in [0.4, 0.5) is 0 Å². The Bertz CT molecular complexity index is 222. The molecule has 80 valence electrons. The first-order valence-corrected chi connectivity index (χ1v) is 4.67. The van der Waals surface area contributed by atoms with Crippen LogP contribution in [0.2, 0.25) is 0 Å². The molecule has 0 aromatic carbocycles. The molecule has 0 rings (SSSR count). The molecule has 0 radical (unpaired) electrons. The van der Waals surface area contributed by atoms with E-state index in [1.807, 2.05) is 0 Å². The van der Waals surface area contributed by atoms with Crippen LogP contribution in [0.15, 0.2) is 23.8 Å². The number of ether oxygens (including phenoxy) is 1. The molecule has 14 heavy (non-hydrogen) atoms. The summed E-state index contributed by atoms with van der Waals surface area (Å²) in [5.41, 5.74) is 11.9. The average Bonchev–Trinajstić information content (AvgIpc) is 2.17. The summed E-state index contributed by atoms with van der Waals surface area (Å²) in [6.45, 7) is 3.18. The van der Waals surface area contributed by atoms with Crippen molar-refractivity contribution in [1.82, 2.24) is 0 Å². The van der Waals surface area contributed by atoms with E-state index in [0.29, 0.717) is 19.7 Å². The third-order valence-electron chi connectivity index (χ3n) is 1.58. The largest absolute Gasteiger partial charge is 0.463 e. The number of carbonyl (C=O) groups excluding carboxylic acids is 1. The Balaban J connectivity index is 4.02. The second kappa shape index (κ2) is 8.47. The maximum absolute atomic E-state index is 10.9. The van der Waals surface area contributed by atoms with Gasteiger partial charge in [0.15, 0.2) is 0 Å². The van der Waals surface area contributed by atoms with E-state index < -0.39 is 0 Å². The normalized spacial score (nSPS) is 12.1. The van der Waals surface area contributed by atoms with Crippen molar-refractivity contribution in [1.29, 1.82) is 0 Å². The third kappa shape index (κ3) is 6.39. The molecule has 0 unspecified atom stereocenters. The van der Waals surface area contributed by atoms with E-state index in [2.05, 4.69) is 0 Å². The van der Waals surface area contributed by atoms with Gasteiger partial charge in [0.05, 0.1) is 6.61 Å². The Hall–Kier alpha value is -1.13. The Morgan fingerprint density at radius 2 is 2.14 bits per heavy atom. The van der Waals surface area contributed by atoms with Crippen LogP contribution in [0, 0.1) is 0 Å². The maximum atomic E-state index is 10.9. The highest BCUT2D eigenvalue weighted by atomic mass is 16.5. The molecule has 0 saturated carbocycles. The van der Waals surface area contributed by atoms with Gasteiger partial charge in [-0.05, 0) is 19.9 Å². The van der Waals surface area contributed by atoms with Crippen LogP contribution >= 0.6 is 0 Å². The van der Waals surface area contributed by atoms with Crippen molar-refractivity contribution in [3.8, 4) is 0 Å². The summed E-state index contributed by atoms with van der Waals surface area (Å²) in [5, 5.41) is 0. The highest BCUT2D eigenvalue weighted by Gasteiger charge is 1.93. The second-order valence-electron chi connectivity index (χ2n) is 2.68. The van der Waals surface area contributed by atoms with Gasteiger partial charge >= 0.3 is 5.97 Å². The van der Waals surface area contributed by atoms with Crippen molar-refractivity contribution >= 4 is 5.97 Å². The van der Waals surface area contributed by atoms with Crippen molar-refractivity contribution in [2.75, 3.05) is 19.7 Å². The lowest BCUT2D eigenvalue weighted by Crippen LogP contribution is -2.08. The van der Waals surface area contributed by atoms with E-state index >= 15 is 0 Å². The zero-order chi connectivity index (χ0) is 10.8. The minimum atomic E-state index is -0.340. The van der Waals surface area contributed by atoms with Crippen molar-refractivity contribution in [2.24, 2.45) is 11.5 Å². The molecule has 0 saturated heterocycles. The first-order valence-electron chi connectivity index (χ1n) is 4.67. The fourth-order valence-electron chi connectivity index (χ4n) is 0.892. The molecule has 0 amide bonds. The summed E-state index contributed by atoms with van der Waals surface area (Å²) in [4.78, 5) is 10.9. The van der Waals surface area contributed by atoms with Crippen LogP contribution in [0.5, 0.6) is 0 Å². The average molecular weight is 198 g/mol. The van der Waals surface area contributed by atoms with Crippen LogP contribution < -0.4 is 11.5 Å². The molecule has 0 aliphatic heterocycles. The van der Waals surface area contributed by atoms with Crippen molar-refractivity contribution in [3.05, 3.63) is 23.8 Å². The van der Waals surface area contributed by atoms with Gasteiger partial charge in [0.1, 0.15) is 0 Å². The van der Waals surface area contributed by atoms with Gasteiger partial charge in [0.2, 0.25) is 0 Å². The number of rotatable bonds is 6. The van der Waals surface area contributed by atoms with Gasteiger partial charge in [-0.1, -0.05) is 17.7 Å². The second-order valence-corrected chi connectivity index (χ2v) is 2.68. The van der Waals surface area contributed by atoms with Crippen LogP contribution in [-0.2, 0) is 9.53 Å². The van der Waals surface area contributed by atoms with Crippen LogP contribution in [-0.4, -0.2) is 25.7 Å². The third-order valence-corrected chi connectivity index (χ3v) is 1.58.